The van der Waals surface area contributed by atoms with Crippen molar-refractivity contribution in [2.24, 2.45) is 0 Å². The molecule has 0 N–H and O–H groups in total. The van der Waals surface area contributed by atoms with Crippen LogP contribution in [0.5, 0.6) is 0 Å². The predicted octanol–water partition coefficient (Wildman–Crippen LogP) is 1.33. The van der Waals surface area contributed by atoms with Gasteiger partial charge in [-0.3, -0.25) is 14.8 Å². The smallest absolute Gasteiger partial charge is 0.153 e. The molecule has 6 nitrogen and oxygen atoms in total. The minimum atomic E-state index is -3.00. The van der Waals surface area contributed by atoms with Crippen LogP contribution in [0.15, 0.2) is 29.8 Å². The van der Waals surface area contributed by atoms with Crippen molar-refractivity contribution >= 4 is 21.2 Å². The molecule has 0 saturated carbocycles. The van der Waals surface area contributed by atoms with E-state index in [-0.39, 0.29) is 23.6 Å². The van der Waals surface area contributed by atoms with Crippen molar-refractivity contribution in [3.63, 3.8) is 0 Å². The number of thiazole rings is 1. The summed E-state index contributed by atoms with van der Waals surface area (Å²) in [4.78, 5) is 13.5. The summed E-state index contributed by atoms with van der Waals surface area (Å²) in [5.74, 6) is 0.497. The lowest BCUT2D eigenvalue weighted by Gasteiger charge is -2.43. The maximum Gasteiger partial charge on any atom is 0.153 e. The third kappa shape index (κ3) is 3.76. The van der Waals surface area contributed by atoms with Crippen molar-refractivity contribution in [2.45, 2.75) is 32.1 Å². The van der Waals surface area contributed by atoms with Crippen molar-refractivity contribution in [1.82, 2.24) is 19.8 Å². The van der Waals surface area contributed by atoms with Gasteiger partial charge in [-0.15, -0.1) is 11.3 Å². The van der Waals surface area contributed by atoms with Gasteiger partial charge in [-0.25, -0.2) is 13.4 Å². The number of pyridine rings is 1. The summed E-state index contributed by atoms with van der Waals surface area (Å²) in [6, 6.07) is 5.97. The molecule has 0 spiro atoms. The van der Waals surface area contributed by atoms with Crippen LogP contribution in [-0.4, -0.2) is 64.9 Å². The topological polar surface area (TPSA) is 66.4 Å². The van der Waals surface area contributed by atoms with Crippen LogP contribution in [0.25, 0.3) is 0 Å². The Kier molecular flexibility index (Phi) is 4.61. The van der Waals surface area contributed by atoms with Crippen LogP contribution < -0.4 is 0 Å². The number of nitrogens with zero attached hydrogens (tertiary/aromatic N) is 4. The molecule has 134 valence electrons. The first-order valence-electron chi connectivity index (χ1n) is 8.50. The first-order chi connectivity index (χ1) is 12.0. The van der Waals surface area contributed by atoms with Crippen molar-refractivity contribution in [3.05, 3.63) is 46.2 Å². The molecule has 2 atom stereocenters. The Morgan fingerprint density at radius 2 is 1.80 bits per heavy atom. The summed E-state index contributed by atoms with van der Waals surface area (Å²) in [5, 5.41) is 3.13. The van der Waals surface area contributed by atoms with E-state index >= 15 is 0 Å². The number of sulfone groups is 1. The summed E-state index contributed by atoms with van der Waals surface area (Å²) in [5.41, 5.74) is 2.04. The highest BCUT2D eigenvalue weighted by molar-refractivity contribution is 7.91. The molecule has 0 unspecified atom stereocenters. The molecule has 2 saturated heterocycles. The van der Waals surface area contributed by atoms with E-state index in [1.165, 1.54) is 0 Å². The van der Waals surface area contributed by atoms with E-state index < -0.39 is 9.84 Å². The summed E-state index contributed by atoms with van der Waals surface area (Å²) in [6.45, 7) is 5.16. The SMILES string of the molecule is Cc1nc(CN2CCN(Cc3ccccn3)[C@@H]3CS(=O)(=O)C[C@@H]32)cs1. The van der Waals surface area contributed by atoms with E-state index in [0.717, 1.165) is 36.0 Å². The molecule has 4 rings (SSSR count). The van der Waals surface area contributed by atoms with Gasteiger partial charge in [0, 0.05) is 49.8 Å². The maximum absolute atomic E-state index is 12.3. The quantitative estimate of drug-likeness (QED) is 0.800. The fourth-order valence-electron chi connectivity index (χ4n) is 3.88. The fraction of sp³-hybridized carbons (Fsp3) is 0.529. The molecule has 2 aromatic rings. The van der Waals surface area contributed by atoms with Gasteiger partial charge in [-0.05, 0) is 19.1 Å². The Bertz CT molecular complexity index is 837. The lowest BCUT2D eigenvalue weighted by Crippen LogP contribution is -2.58. The van der Waals surface area contributed by atoms with Gasteiger partial charge in [0.1, 0.15) is 0 Å². The Hall–Kier alpha value is -1.35. The molecule has 0 radical (unpaired) electrons. The molecular weight excluding hydrogens is 356 g/mol. The number of hydrogen-bond donors (Lipinski definition) is 0. The zero-order valence-electron chi connectivity index (χ0n) is 14.2. The average molecular weight is 379 g/mol. The average Bonchev–Trinajstić information content (AvgIpc) is 3.13. The Morgan fingerprint density at radius 3 is 2.36 bits per heavy atom. The second-order valence-corrected chi connectivity index (χ2v) is 10.0. The summed E-state index contributed by atoms with van der Waals surface area (Å²) < 4.78 is 24.6. The number of aromatic nitrogens is 2. The van der Waals surface area contributed by atoms with E-state index in [2.05, 4.69) is 25.1 Å². The molecule has 0 aliphatic carbocycles. The van der Waals surface area contributed by atoms with Gasteiger partial charge in [0.25, 0.3) is 0 Å². The predicted molar refractivity (Wildman–Crippen MR) is 98.1 cm³/mol. The number of hydrogen-bond acceptors (Lipinski definition) is 7. The minimum absolute atomic E-state index is 0.0421. The van der Waals surface area contributed by atoms with E-state index in [0.29, 0.717) is 6.54 Å². The van der Waals surface area contributed by atoms with E-state index in [9.17, 15) is 8.42 Å². The van der Waals surface area contributed by atoms with Crippen LogP contribution in [0.4, 0.5) is 0 Å². The molecule has 4 heterocycles. The van der Waals surface area contributed by atoms with Gasteiger partial charge in [0.2, 0.25) is 0 Å². The van der Waals surface area contributed by atoms with Crippen LogP contribution >= 0.6 is 11.3 Å². The van der Waals surface area contributed by atoms with Crippen LogP contribution in [0.3, 0.4) is 0 Å². The van der Waals surface area contributed by atoms with Gasteiger partial charge >= 0.3 is 0 Å². The lowest BCUT2D eigenvalue weighted by molar-refractivity contribution is 0.0341. The third-order valence-corrected chi connectivity index (χ3v) is 7.55. The van der Waals surface area contributed by atoms with Crippen LogP contribution in [0, 0.1) is 6.92 Å². The minimum Gasteiger partial charge on any atom is -0.291 e. The second kappa shape index (κ2) is 6.75. The molecule has 0 bridgehead atoms. The zero-order valence-corrected chi connectivity index (χ0v) is 15.8. The first-order valence-corrected chi connectivity index (χ1v) is 11.2. The lowest BCUT2D eigenvalue weighted by atomic mass is 10.0. The molecule has 8 heteroatoms. The van der Waals surface area contributed by atoms with Gasteiger partial charge in [-0.2, -0.15) is 0 Å². The Labute approximate surface area is 152 Å². The highest BCUT2D eigenvalue weighted by Gasteiger charge is 2.46. The Balaban J connectivity index is 1.53. The van der Waals surface area contributed by atoms with Gasteiger partial charge < -0.3 is 0 Å². The van der Waals surface area contributed by atoms with Crippen molar-refractivity contribution in [3.8, 4) is 0 Å². The van der Waals surface area contributed by atoms with E-state index in [1.54, 1.807) is 17.5 Å². The molecule has 2 aromatic heterocycles. The highest BCUT2D eigenvalue weighted by atomic mass is 32.2. The first kappa shape index (κ1) is 17.1. The highest BCUT2D eigenvalue weighted by Crippen LogP contribution is 2.29. The van der Waals surface area contributed by atoms with Gasteiger partial charge in [0.15, 0.2) is 9.84 Å². The number of piperazine rings is 1. The third-order valence-electron chi connectivity index (χ3n) is 5.03. The molecular formula is C17H22N4O2S2. The number of fused-ring (bicyclic) bond motifs is 1. The molecule has 0 aromatic carbocycles. The van der Waals surface area contributed by atoms with Crippen LogP contribution in [0.2, 0.25) is 0 Å². The zero-order chi connectivity index (χ0) is 17.4. The number of aryl methyl sites for hydroxylation is 1. The van der Waals surface area contributed by atoms with Crippen LogP contribution in [0.1, 0.15) is 16.4 Å². The van der Waals surface area contributed by atoms with Gasteiger partial charge in [0.05, 0.1) is 27.9 Å². The maximum atomic E-state index is 12.3. The monoisotopic (exact) mass is 378 g/mol. The van der Waals surface area contributed by atoms with Crippen molar-refractivity contribution < 1.29 is 8.42 Å². The van der Waals surface area contributed by atoms with Gasteiger partial charge in [-0.1, -0.05) is 6.07 Å². The molecule has 25 heavy (non-hydrogen) atoms. The summed E-state index contributed by atoms with van der Waals surface area (Å²) in [7, 11) is -3.00. The normalized spacial score (nSPS) is 26.6. The fourth-order valence-corrected chi connectivity index (χ4v) is 6.52. The molecule has 2 fully saturated rings. The van der Waals surface area contributed by atoms with E-state index in [1.807, 2.05) is 25.1 Å². The molecule has 2 aliphatic rings. The number of rotatable bonds is 4. The summed E-state index contributed by atoms with van der Waals surface area (Å²) >= 11 is 1.65. The van der Waals surface area contributed by atoms with Crippen molar-refractivity contribution in [1.29, 1.82) is 0 Å². The second-order valence-electron chi connectivity index (χ2n) is 6.83. The summed E-state index contributed by atoms with van der Waals surface area (Å²) in [6.07, 6.45) is 1.79. The largest absolute Gasteiger partial charge is 0.291 e. The molecule has 0 amide bonds. The standard InChI is InChI=1S/C17H22N4O2S2/c1-13-19-15(10-24-13)9-21-7-6-20(8-14-4-2-3-5-18-14)16-11-25(22,23)12-17(16)21/h2-5,10,16-17H,6-9,11-12H2,1H3/t16-,17+/m1/s1. The van der Waals surface area contributed by atoms with E-state index in [4.69, 9.17) is 0 Å². The van der Waals surface area contributed by atoms with Crippen molar-refractivity contribution in [2.75, 3.05) is 24.6 Å². The molecule has 2 aliphatic heterocycles. The Morgan fingerprint density at radius 1 is 1.12 bits per heavy atom. The van der Waals surface area contributed by atoms with Crippen LogP contribution in [-0.2, 0) is 22.9 Å².